The second-order valence-electron chi connectivity index (χ2n) is 7.32. The van der Waals surface area contributed by atoms with Crippen LogP contribution in [0.15, 0.2) is 61.2 Å². The van der Waals surface area contributed by atoms with Gasteiger partial charge in [0, 0.05) is 61.4 Å². The molecule has 4 heterocycles. The number of hydrogen-bond acceptors (Lipinski definition) is 6. The lowest BCUT2D eigenvalue weighted by Gasteiger charge is -2.35. The number of rotatable bonds is 3. The normalized spacial score (nSPS) is 14.2. The number of nitrogens with two attached hydrogens (primary N) is 1. The second kappa shape index (κ2) is 7.88. The number of benzene rings is 1. The van der Waals surface area contributed by atoms with E-state index < -0.39 is 0 Å². The fourth-order valence-electron chi connectivity index (χ4n) is 3.92. The Morgan fingerprint density at radius 3 is 2.45 bits per heavy atom. The molecule has 1 saturated heterocycles. The van der Waals surface area contributed by atoms with Gasteiger partial charge in [0.1, 0.15) is 0 Å². The molecule has 3 aromatic heterocycles. The van der Waals surface area contributed by atoms with Crippen molar-refractivity contribution in [3.05, 3.63) is 71.8 Å². The molecule has 2 N–H and O–H groups in total. The molecule has 8 nitrogen and oxygen atoms in total. The summed E-state index contributed by atoms with van der Waals surface area (Å²) in [6, 6.07) is 10.9. The van der Waals surface area contributed by atoms with Crippen LogP contribution in [0.2, 0.25) is 5.02 Å². The number of pyridine rings is 1. The number of nitrogens with zero attached hydrogens (tertiary/aromatic N) is 6. The molecule has 0 bridgehead atoms. The Morgan fingerprint density at radius 1 is 0.968 bits per heavy atom. The molecule has 1 aliphatic rings. The van der Waals surface area contributed by atoms with Gasteiger partial charge in [-0.05, 0) is 30.3 Å². The summed E-state index contributed by atoms with van der Waals surface area (Å²) in [6.45, 7) is 2.49. The van der Waals surface area contributed by atoms with E-state index in [2.05, 4.69) is 19.9 Å². The minimum Gasteiger partial charge on any atom is -0.396 e. The van der Waals surface area contributed by atoms with Gasteiger partial charge in [0.25, 0.3) is 5.91 Å². The predicted molar refractivity (Wildman–Crippen MR) is 121 cm³/mol. The van der Waals surface area contributed by atoms with Crippen LogP contribution in [0.4, 0.5) is 11.5 Å². The molecule has 0 unspecified atom stereocenters. The van der Waals surface area contributed by atoms with Crippen LogP contribution in [-0.2, 0) is 0 Å². The lowest BCUT2D eigenvalue weighted by atomic mass is 10.1. The van der Waals surface area contributed by atoms with E-state index in [1.54, 1.807) is 41.5 Å². The Kier molecular flexibility index (Phi) is 4.91. The van der Waals surface area contributed by atoms with Gasteiger partial charge in [-0.15, -0.1) is 0 Å². The highest BCUT2D eigenvalue weighted by Crippen LogP contribution is 2.28. The van der Waals surface area contributed by atoms with Crippen LogP contribution < -0.4 is 10.6 Å². The first kappa shape index (κ1) is 19.3. The van der Waals surface area contributed by atoms with Crippen molar-refractivity contribution in [2.75, 3.05) is 36.8 Å². The number of fused-ring (bicyclic) bond motifs is 1. The van der Waals surface area contributed by atoms with Crippen molar-refractivity contribution in [1.29, 1.82) is 0 Å². The Morgan fingerprint density at radius 2 is 1.71 bits per heavy atom. The fourth-order valence-corrected chi connectivity index (χ4v) is 4.08. The maximum absolute atomic E-state index is 13.4. The third kappa shape index (κ3) is 3.55. The maximum Gasteiger partial charge on any atom is 0.256 e. The van der Waals surface area contributed by atoms with Crippen molar-refractivity contribution >= 4 is 39.9 Å². The zero-order chi connectivity index (χ0) is 21.4. The standard InChI is InChI=1S/C22H20ClN7O/c23-15-4-5-16-17(14-30(19(16)13-15)22-26-7-2-8-27-22)21(31)29-11-9-28(10-12-29)20-18(24)3-1-6-25-20/h1-8,13-14H,9-12,24H2. The Bertz CT molecular complexity index is 1250. The quantitative estimate of drug-likeness (QED) is 0.533. The number of aromatic nitrogens is 4. The topological polar surface area (TPSA) is 93.2 Å². The van der Waals surface area contributed by atoms with Crippen molar-refractivity contribution in [1.82, 2.24) is 24.4 Å². The van der Waals surface area contributed by atoms with Gasteiger partial charge < -0.3 is 15.5 Å². The molecule has 0 spiro atoms. The molecule has 5 rings (SSSR count). The first-order valence-electron chi connectivity index (χ1n) is 9.94. The van der Waals surface area contributed by atoms with Crippen LogP contribution in [0.25, 0.3) is 16.9 Å². The number of carbonyl (C=O) groups excluding carboxylic acids is 1. The minimum absolute atomic E-state index is 0.0318. The van der Waals surface area contributed by atoms with Crippen molar-refractivity contribution < 1.29 is 4.79 Å². The van der Waals surface area contributed by atoms with E-state index in [4.69, 9.17) is 17.3 Å². The largest absolute Gasteiger partial charge is 0.396 e. The Labute approximate surface area is 183 Å². The predicted octanol–water partition coefficient (Wildman–Crippen LogP) is 3.01. The molecule has 1 amide bonds. The van der Waals surface area contributed by atoms with Crippen LogP contribution in [0.5, 0.6) is 0 Å². The van der Waals surface area contributed by atoms with Gasteiger partial charge in [-0.2, -0.15) is 0 Å². The van der Waals surface area contributed by atoms with E-state index >= 15 is 0 Å². The minimum atomic E-state index is -0.0318. The number of nitrogen functional groups attached to an aromatic ring is 1. The first-order chi connectivity index (χ1) is 15.1. The van der Waals surface area contributed by atoms with E-state index in [1.807, 2.05) is 29.2 Å². The third-order valence-electron chi connectivity index (χ3n) is 5.45. The molecule has 1 aromatic carbocycles. The lowest BCUT2D eigenvalue weighted by molar-refractivity contribution is 0.0748. The zero-order valence-corrected chi connectivity index (χ0v) is 17.4. The summed E-state index contributed by atoms with van der Waals surface area (Å²) in [7, 11) is 0. The van der Waals surface area contributed by atoms with Gasteiger partial charge in [0.2, 0.25) is 5.95 Å². The van der Waals surface area contributed by atoms with Gasteiger partial charge in [0.05, 0.1) is 16.8 Å². The van der Waals surface area contributed by atoms with Crippen molar-refractivity contribution in [2.45, 2.75) is 0 Å². The summed E-state index contributed by atoms with van der Waals surface area (Å²) in [6.07, 6.45) is 6.86. The van der Waals surface area contributed by atoms with Gasteiger partial charge in [0.15, 0.2) is 5.82 Å². The Hall–Kier alpha value is -3.65. The highest BCUT2D eigenvalue weighted by molar-refractivity contribution is 6.31. The van der Waals surface area contributed by atoms with Crippen LogP contribution in [0.1, 0.15) is 10.4 Å². The first-order valence-corrected chi connectivity index (χ1v) is 10.3. The van der Waals surface area contributed by atoms with E-state index in [-0.39, 0.29) is 5.91 Å². The molecule has 156 valence electrons. The summed E-state index contributed by atoms with van der Waals surface area (Å²) >= 11 is 6.23. The number of amides is 1. The fraction of sp³-hybridized carbons (Fsp3) is 0.182. The van der Waals surface area contributed by atoms with Crippen LogP contribution in [0.3, 0.4) is 0 Å². The molecule has 9 heteroatoms. The van der Waals surface area contributed by atoms with Crippen molar-refractivity contribution in [3.63, 3.8) is 0 Å². The average molecular weight is 434 g/mol. The Balaban J connectivity index is 1.44. The molecule has 0 radical (unpaired) electrons. The second-order valence-corrected chi connectivity index (χ2v) is 7.75. The van der Waals surface area contributed by atoms with Crippen molar-refractivity contribution in [2.24, 2.45) is 0 Å². The molecule has 0 atom stereocenters. The number of piperazine rings is 1. The number of hydrogen-bond donors (Lipinski definition) is 1. The summed E-state index contributed by atoms with van der Waals surface area (Å²) in [4.78, 5) is 30.4. The molecule has 1 fully saturated rings. The monoisotopic (exact) mass is 433 g/mol. The highest BCUT2D eigenvalue weighted by atomic mass is 35.5. The van der Waals surface area contributed by atoms with Gasteiger partial charge >= 0.3 is 0 Å². The zero-order valence-electron chi connectivity index (χ0n) is 16.6. The molecular formula is C22H20ClN7O. The summed E-state index contributed by atoms with van der Waals surface area (Å²) < 4.78 is 1.80. The van der Waals surface area contributed by atoms with Crippen molar-refractivity contribution in [3.8, 4) is 5.95 Å². The third-order valence-corrected chi connectivity index (χ3v) is 5.68. The van der Waals surface area contributed by atoms with E-state index in [0.29, 0.717) is 48.4 Å². The number of halogens is 1. The lowest BCUT2D eigenvalue weighted by Crippen LogP contribution is -2.49. The number of carbonyl (C=O) groups is 1. The summed E-state index contributed by atoms with van der Waals surface area (Å²) in [5, 5.41) is 1.40. The molecule has 1 aliphatic heterocycles. The molecule has 4 aromatic rings. The van der Waals surface area contributed by atoms with Gasteiger partial charge in [-0.1, -0.05) is 17.7 Å². The van der Waals surface area contributed by atoms with Crippen LogP contribution >= 0.6 is 11.6 Å². The van der Waals surface area contributed by atoms with E-state index in [9.17, 15) is 4.79 Å². The molecule has 0 aliphatic carbocycles. The molecule has 0 saturated carbocycles. The van der Waals surface area contributed by atoms with E-state index in [0.717, 1.165) is 16.7 Å². The van der Waals surface area contributed by atoms with Crippen LogP contribution in [0, 0.1) is 0 Å². The number of anilines is 2. The van der Waals surface area contributed by atoms with Gasteiger partial charge in [-0.25, -0.2) is 15.0 Å². The highest BCUT2D eigenvalue weighted by Gasteiger charge is 2.26. The smallest absolute Gasteiger partial charge is 0.256 e. The summed E-state index contributed by atoms with van der Waals surface area (Å²) in [5.74, 6) is 1.22. The average Bonchev–Trinajstić information content (AvgIpc) is 3.18. The summed E-state index contributed by atoms with van der Waals surface area (Å²) in [5.41, 5.74) is 8.10. The SMILES string of the molecule is Nc1cccnc1N1CCN(C(=O)c2cn(-c3ncccn3)c3cc(Cl)ccc23)CC1. The molecular weight excluding hydrogens is 414 g/mol. The maximum atomic E-state index is 13.4. The molecule has 31 heavy (non-hydrogen) atoms. The van der Waals surface area contributed by atoms with Gasteiger partial charge in [-0.3, -0.25) is 9.36 Å². The van der Waals surface area contributed by atoms with Crippen LogP contribution in [-0.4, -0.2) is 56.5 Å². The van der Waals surface area contributed by atoms with E-state index in [1.165, 1.54) is 0 Å².